The van der Waals surface area contributed by atoms with Crippen molar-refractivity contribution in [1.82, 2.24) is 0 Å². The molecule has 1 aliphatic carbocycles. The number of benzene rings is 1. The highest BCUT2D eigenvalue weighted by Crippen LogP contribution is 2.26. The molecule has 4 nitrogen and oxygen atoms in total. The summed E-state index contributed by atoms with van der Waals surface area (Å²) >= 11 is 5.02. The maximum atomic E-state index is 6.03. The minimum absolute atomic E-state index is 0.238. The second-order valence-corrected chi connectivity index (χ2v) is 5.79. The van der Waals surface area contributed by atoms with Crippen molar-refractivity contribution in [3.05, 3.63) is 29.3 Å². The Hall–Kier alpha value is -1.17. The van der Waals surface area contributed by atoms with E-state index in [0.717, 1.165) is 42.6 Å². The fourth-order valence-electron chi connectivity index (χ4n) is 2.72. The van der Waals surface area contributed by atoms with Gasteiger partial charge in [-0.05, 0) is 43.9 Å². The number of ether oxygens (including phenoxy) is 3. The average Bonchev–Trinajstić information content (AvgIpc) is 2.52. The van der Waals surface area contributed by atoms with Crippen molar-refractivity contribution < 1.29 is 14.2 Å². The quantitative estimate of drug-likeness (QED) is 0.819. The molecule has 2 atom stereocenters. The van der Waals surface area contributed by atoms with Crippen molar-refractivity contribution in [1.29, 1.82) is 0 Å². The minimum Gasteiger partial charge on any atom is -0.496 e. The van der Waals surface area contributed by atoms with Crippen LogP contribution in [0.4, 0.5) is 0 Å². The molecule has 0 aliphatic heterocycles. The lowest BCUT2D eigenvalue weighted by Crippen LogP contribution is -2.27. The molecule has 0 aromatic heterocycles. The summed E-state index contributed by atoms with van der Waals surface area (Å²) in [5.41, 5.74) is 7.49. The SMILES string of the molecule is COc1ccc(C(N)=S)cc1COC1CCCC(OC)C1. The van der Waals surface area contributed by atoms with Crippen LogP contribution >= 0.6 is 12.2 Å². The van der Waals surface area contributed by atoms with Gasteiger partial charge in [-0.1, -0.05) is 12.2 Å². The topological polar surface area (TPSA) is 53.7 Å². The van der Waals surface area contributed by atoms with Crippen LogP contribution < -0.4 is 10.5 Å². The summed E-state index contributed by atoms with van der Waals surface area (Å²) in [6, 6.07) is 5.69. The van der Waals surface area contributed by atoms with Crippen LogP contribution in [0.5, 0.6) is 5.75 Å². The number of rotatable bonds is 6. The van der Waals surface area contributed by atoms with E-state index in [1.54, 1.807) is 14.2 Å². The van der Waals surface area contributed by atoms with Crippen LogP contribution in [0.15, 0.2) is 18.2 Å². The van der Waals surface area contributed by atoms with Gasteiger partial charge in [0.25, 0.3) is 0 Å². The second-order valence-electron chi connectivity index (χ2n) is 5.35. The van der Waals surface area contributed by atoms with Gasteiger partial charge in [-0.3, -0.25) is 0 Å². The van der Waals surface area contributed by atoms with E-state index < -0.39 is 0 Å². The van der Waals surface area contributed by atoms with E-state index in [1.807, 2.05) is 18.2 Å². The number of methoxy groups -OCH3 is 2. The first kappa shape index (κ1) is 16.2. The molecular weight excluding hydrogens is 286 g/mol. The van der Waals surface area contributed by atoms with Crippen molar-refractivity contribution in [3.8, 4) is 5.75 Å². The molecule has 5 heteroatoms. The highest BCUT2D eigenvalue weighted by molar-refractivity contribution is 7.80. The van der Waals surface area contributed by atoms with E-state index in [4.69, 9.17) is 32.2 Å². The zero-order valence-electron chi connectivity index (χ0n) is 12.6. The Labute approximate surface area is 131 Å². The number of thiocarbonyl (C=S) groups is 1. The summed E-state index contributed by atoms with van der Waals surface area (Å²) in [4.78, 5) is 0.385. The first-order valence-electron chi connectivity index (χ1n) is 7.25. The number of hydrogen-bond acceptors (Lipinski definition) is 4. The van der Waals surface area contributed by atoms with Crippen molar-refractivity contribution >= 4 is 17.2 Å². The predicted octanol–water partition coefficient (Wildman–Crippen LogP) is 2.80. The van der Waals surface area contributed by atoms with Crippen LogP contribution in [0.1, 0.15) is 36.8 Å². The summed E-state index contributed by atoms with van der Waals surface area (Å²) in [6.45, 7) is 0.501. The molecule has 1 aromatic carbocycles. The summed E-state index contributed by atoms with van der Waals surface area (Å²) in [6.07, 6.45) is 4.85. The molecule has 0 saturated heterocycles. The van der Waals surface area contributed by atoms with E-state index in [2.05, 4.69) is 0 Å². The first-order chi connectivity index (χ1) is 10.1. The van der Waals surface area contributed by atoms with Crippen LogP contribution in [0, 0.1) is 0 Å². The second kappa shape index (κ2) is 7.73. The van der Waals surface area contributed by atoms with Gasteiger partial charge in [0.05, 0.1) is 25.9 Å². The van der Waals surface area contributed by atoms with Gasteiger partial charge in [-0.25, -0.2) is 0 Å². The lowest BCUT2D eigenvalue weighted by atomic mass is 9.95. The first-order valence-corrected chi connectivity index (χ1v) is 7.66. The molecule has 0 bridgehead atoms. The van der Waals surface area contributed by atoms with E-state index in [-0.39, 0.29) is 6.10 Å². The smallest absolute Gasteiger partial charge is 0.124 e. The van der Waals surface area contributed by atoms with Crippen LogP contribution in [0.3, 0.4) is 0 Å². The molecule has 116 valence electrons. The highest BCUT2D eigenvalue weighted by Gasteiger charge is 2.22. The fourth-order valence-corrected chi connectivity index (χ4v) is 2.85. The Balaban J connectivity index is 2.01. The van der Waals surface area contributed by atoms with Gasteiger partial charge in [0, 0.05) is 18.2 Å². The zero-order chi connectivity index (χ0) is 15.2. The van der Waals surface area contributed by atoms with Crippen LogP contribution in [-0.4, -0.2) is 31.4 Å². The minimum atomic E-state index is 0.238. The number of hydrogen-bond donors (Lipinski definition) is 1. The molecular formula is C16H23NO3S. The van der Waals surface area contributed by atoms with Gasteiger partial charge in [0.15, 0.2) is 0 Å². The molecule has 1 aliphatic rings. The standard InChI is InChI=1S/C16H23NO3S/c1-18-13-4-3-5-14(9-13)20-10-12-8-11(16(17)21)6-7-15(12)19-2/h6-8,13-14H,3-5,9-10H2,1-2H3,(H2,17,21). The molecule has 2 rings (SSSR count). The Bertz CT molecular complexity index is 492. The van der Waals surface area contributed by atoms with Crippen molar-refractivity contribution in [2.24, 2.45) is 5.73 Å². The number of nitrogens with two attached hydrogens (primary N) is 1. The maximum absolute atomic E-state index is 6.03. The van der Waals surface area contributed by atoms with Crippen molar-refractivity contribution in [2.45, 2.75) is 44.5 Å². The Kier molecular flexibility index (Phi) is 5.96. The van der Waals surface area contributed by atoms with Gasteiger partial charge < -0.3 is 19.9 Å². The summed E-state index contributed by atoms with van der Waals surface area (Å²) in [5.74, 6) is 0.800. The molecule has 21 heavy (non-hydrogen) atoms. The monoisotopic (exact) mass is 309 g/mol. The molecule has 2 unspecified atom stereocenters. The van der Waals surface area contributed by atoms with Gasteiger partial charge >= 0.3 is 0 Å². The molecule has 0 heterocycles. The average molecular weight is 309 g/mol. The molecule has 0 radical (unpaired) electrons. The van der Waals surface area contributed by atoms with Crippen LogP contribution in [0.2, 0.25) is 0 Å². The van der Waals surface area contributed by atoms with Gasteiger partial charge in [0.1, 0.15) is 10.7 Å². The maximum Gasteiger partial charge on any atom is 0.124 e. The Morgan fingerprint density at radius 1 is 1.29 bits per heavy atom. The third kappa shape index (κ3) is 4.40. The Morgan fingerprint density at radius 2 is 2.05 bits per heavy atom. The fraction of sp³-hybridized carbons (Fsp3) is 0.562. The third-order valence-corrected chi connectivity index (χ3v) is 4.19. The summed E-state index contributed by atoms with van der Waals surface area (Å²) in [5, 5.41) is 0. The van der Waals surface area contributed by atoms with Crippen molar-refractivity contribution in [3.63, 3.8) is 0 Å². The summed E-state index contributed by atoms with van der Waals surface area (Å²) in [7, 11) is 3.42. The Morgan fingerprint density at radius 3 is 2.71 bits per heavy atom. The van der Waals surface area contributed by atoms with E-state index in [1.165, 1.54) is 0 Å². The largest absolute Gasteiger partial charge is 0.496 e. The lowest BCUT2D eigenvalue weighted by Gasteiger charge is -2.28. The van der Waals surface area contributed by atoms with Crippen LogP contribution in [0.25, 0.3) is 0 Å². The van der Waals surface area contributed by atoms with E-state index in [0.29, 0.717) is 17.7 Å². The molecule has 0 spiro atoms. The normalized spacial score (nSPS) is 22.0. The zero-order valence-corrected chi connectivity index (χ0v) is 13.4. The van der Waals surface area contributed by atoms with Crippen molar-refractivity contribution in [2.75, 3.05) is 14.2 Å². The van der Waals surface area contributed by atoms with Crippen LogP contribution in [-0.2, 0) is 16.1 Å². The molecule has 1 aromatic rings. The van der Waals surface area contributed by atoms with Gasteiger partial charge in [-0.15, -0.1) is 0 Å². The molecule has 1 saturated carbocycles. The lowest BCUT2D eigenvalue weighted by molar-refractivity contribution is -0.0367. The highest BCUT2D eigenvalue weighted by atomic mass is 32.1. The third-order valence-electron chi connectivity index (χ3n) is 3.95. The molecule has 2 N–H and O–H groups in total. The van der Waals surface area contributed by atoms with E-state index in [9.17, 15) is 0 Å². The van der Waals surface area contributed by atoms with Gasteiger partial charge in [-0.2, -0.15) is 0 Å². The molecule has 0 amide bonds. The van der Waals surface area contributed by atoms with Gasteiger partial charge in [0.2, 0.25) is 0 Å². The molecule has 1 fully saturated rings. The predicted molar refractivity (Wildman–Crippen MR) is 86.7 cm³/mol. The summed E-state index contributed by atoms with van der Waals surface area (Å²) < 4.78 is 16.8. The van der Waals surface area contributed by atoms with E-state index >= 15 is 0 Å².